The molecule has 2 heterocycles. The van der Waals surface area contributed by atoms with Crippen molar-refractivity contribution in [1.82, 2.24) is 25.1 Å². The predicted octanol–water partition coefficient (Wildman–Crippen LogP) is 3.81. The number of likely N-dealkylation sites (N-methyl/N-ethyl adjacent to an activating group) is 1. The van der Waals surface area contributed by atoms with Crippen LogP contribution in [0.4, 0.5) is 19.0 Å². The van der Waals surface area contributed by atoms with Crippen LogP contribution in [0.5, 0.6) is 0 Å². The Balaban J connectivity index is 1.90. The summed E-state index contributed by atoms with van der Waals surface area (Å²) in [4.78, 5) is 34.6. The van der Waals surface area contributed by atoms with Crippen molar-refractivity contribution >= 4 is 17.6 Å². The van der Waals surface area contributed by atoms with E-state index in [1.54, 1.807) is 24.7 Å². The fourth-order valence-electron chi connectivity index (χ4n) is 3.46. The first-order valence-corrected chi connectivity index (χ1v) is 10.9. The summed E-state index contributed by atoms with van der Waals surface area (Å²) in [5, 5.41) is 6.93. The first-order chi connectivity index (χ1) is 16.2. The maximum Gasteiger partial charge on any atom is 0.433 e. The first kappa shape index (κ1) is 24.9. The van der Waals surface area contributed by atoms with Crippen LogP contribution in [0.2, 0.25) is 0 Å². The van der Waals surface area contributed by atoms with Gasteiger partial charge in [-0.1, -0.05) is 32.0 Å². The molecule has 0 saturated carbocycles. The standard InChI is InChI=1S/C23H25F3N6O2/c1-4-15-14-28-32(16-10-8-7-9-11-16)21(15)31(6-3)22(34)17(5-2)29-20(33)19-27-13-12-18(30-19)23(24,25)26/h7-14,17H,4-6H2,1-3H3,(H,29,33). The summed E-state index contributed by atoms with van der Waals surface area (Å²) in [6.07, 6.45) is -1.34. The molecule has 2 aromatic heterocycles. The number of halogens is 3. The molecule has 1 unspecified atom stereocenters. The van der Waals surface area contributed by atoms with Crippen LogP contribution in [-0.4, -0.2) is 44.1 Å². The summed E-state index contributed by atoms with van der Waals surface area (Å²) in [5.41, 5.74) is 0.362. The summed E-state index contributed by atoms with van der Waals surface area (Å²) in [7, 11) is 0. The molecular formula is C23H25F3N6O2. The molecule has 3 rings (SSSR count). The van der Waals surface area contributed by atoms with Crippen LogP contribution >= 0.6 is 0 Å². The summed E-state index contributed by atoms with van der Waals surface area (Å²) >= 11 is 0. The minimum absolute atomic E-state index is 0.209. The lowest BCUT2D eigenvalue weighted by Crippen LogP contribution is -2.49. The SMILES string of the molecule is CCc1cnn(-c2ccccc2)c1N(CC)C(=O)C(CC)NC(=O)c1nccc(C(F)(F)F)n1. The van der Waals surface area contributed by atoms with Crippen LogP contribution in [0.3, 0.4) is 0 Å². The number of hydrogen-bond donors (Lipinski definition) is 1. The van der Waals surface area contributed by atoms with E-state index in [4.69, 9.17) is 0 Å². The number of para-hydroxylation sites is 1. The molecule has 11 heteroatoms. The van der Waals surface area contributed by atoms with Gasteiger partial charge >= 0.3 is 6.18 Å². The Bertz CT molecular complexity index is 1150. The maximum atomic E-state index is 13.5. The zero-order valence-electron chi connectivity index (χ0n) is 19.0. The number of alkyl halides is 3. The third-order valence-corrected chi connectivity index (χ3v) is 5.20. The lowest BCUT2D eigenvalue weighted by atomic mass is 10.1. The molecule has 8 nitrogen and oxygen atoms in total. The highest BCUT2D eigenvalue weighted by Crippen LogP contribution is 2.27. The van der Waals surface area contributed by atoms with Crippen molar-refractivity contribution in [2.75, 3.05) is 11.4 Å². The topological polar surface area (TPSA) is 93.0 Å². The Hall–Kier alpha value is -3.76. The molecule has 1 atom stereocenters. The van der Waals surface area contributed by atoms with Gasteiger partial charge in [0.05, 0.1) is 11.9 Å². The Morgan fingerprint density at radius 3 is 2.41 bits per heavy atom. The number of aromatic nitrogens is 4. The highest BCUT2D eigenvalue weighted by Gasteiger charge is 2.34. The van der Waals surface area contributed by atoms with E-state index in [-0.39, 0.29) is 13.0 Å². The number of nitrogens with one attached hydrogen (secondary N) is 1. The molecule has 0 aliphatic heterocycles. The number of anilines is 1. The second-order valence-electron chi connectivity index (χ2n) is 7.37. The van der Waals surface area contributed by atoms with Crippen molar-refractivity contribution in [3.8, 4) is 5.69 Å². The van der Waals surface area contributed by atoms with Crippen LogP contribution in [0, 0.1) is 0 Å². The van der Waals surface area contributed by atoms with Gasteiger partial charge < -0.3 is 5.32 Å². The lowest BCUT2D eigenvalue weighted by Gasteiger charge is -2.27. The quantitative estimate of drug-likeness (QED) is 0.536. The molecule has 0 saturated heterocycles. The molecule has 0 radical (unpaired) electrons. The molecule has 1 N–H and O–H groups in total. The van der Waals surface area contributed by atoms with E-state index < -0.39 is 35.6 Å². The van der Waals surface area contributed by atoms with Gasteiger partial charge in [-0.05, 0) is 38.0 Å². The Labute approximate surface area is 194 Å². The van der Waals surface area contributed by atoms with Crippen molar-refractivity contribution in [2.24, 2.45) is 0 Å². The van der Waals surface area contributed by atoms with Crippen molar-refractivity contribution in [3.63, 3.8) is 0 Å². The average Bonchev–Trinajstić information content (AvgIpc) is 3.26. The number of nitrogens with zero attached hydrogens (tertiary/aromatic N) is 5. The van der Waals surface area contributed by atoms with Crippen LogP contribution in [0.1, 0.15) is 49.1 Å². The van der Waals surface area contributed by atoms with Crippen LogP contribution < -0.4 is 10.2 Å². The summed E-state index contributed by atoms with van der Waals surface area (Å²) in [6, 6.07) is 8.97. The van der Waals surface area contributed by atoms with Crippen LogP contribution in [-0.2, 0) is 17.4 Å². The van der Waals surface area contributed by atoms with Crippen LogP contribution in [0.15, 0.2) is 48.8 Å². The third kappa shape index (κ3) is 5.24. The maximum absolute atomic E-state index is 13.5. The number of carbonyl (C=O) groups is 2. The number of amides is 2. The second kappa shape index (κ2) is 10.4. The molecule has 2 amide bonds. The van der Waals surface area contributed by atoms with Gasteiger partial charge in [-0.2, -0.15) is 18.3 Å². The number of rotatable bonds is 8. The molecule has 1 aromatic carbocycles. The minimum Gasteiger partial charge on any atom is -0.338 e. The van der Waals surface area contributed by atoms with E-state index in [9.17, 15) is 22.8 Å². The molecule has 0 bridgehead atoms. The third-order valence-electron chi connectivity index (χ3n) is 5.20. The van der Waals surface area contributed by atoms with Gasteiger partial charge in [-0.15, -0.1) is 0 Å². The monoisotopic (exact) mass is 474 g/mol. The second-order valence-corrected chi connectivity index (χ2v) is 7.37. The van der Waals surface area contributed by atoms with E-state index in [0.29, 0.717) is 18.3 Å². The predicted molar refractivity (Wildman–Crippen MR) is 120 cm³/mol. The van der Waals surface area contributed by atoms with Gasteiger partial charge in [0.1, 0.15) is 17.6 Å². The van der Waals surface area contributed by atoms with Crippen molar-refractivity contribution in [2.45, 2.75) is 45.8 Å². The Morgan fingerprint density at radius 2 is 1.82 bits per heavy atom. The summed E-state index contributed by atoms with van der Waals surface area (Å²) in [6.45, 7) is 5.72. The first-order valence-electron chi connectivity index (χ1n) is 10.9. The van der Waals surface area contributed by atoms with Gasteiger partial charge in [0, 0.05) is 18.3 Å². The van der Waals surface area contributed by atoms with E-state index >= 15 is 0 Å². The van der Waals surface area contributed by atoms with E-state index in [2.05, 4.69) is 20.4 Å². The number of hydrogen-bond acceptors (Lipinski definition) is 5. The smallest absolute Gasteiger partial charge is 0.338 e. The van der Waals surface area contributed by atoms with Gasteiger partial charge in [-0.3, -0.25) is 14.5 Å². The zero-order valence-corrected chi connectivity index (χ0v) is 19.0. The van der Waals surface area contributed by atoms with E-state index in [1.807, 2.05) is 37.3 Å². The summed E-state index contributed by atoms with van der Waals surface area (Å²) < 4.78 is 40.5. The van der Waals surface area contributed by atoms with Crippen LogP contribution in [0.25, 0.3) is 5.69 Å². The van der Waals surface area contributed by atoms with Crippen molar-refractivity contribution in [1.29, 1.82) is 0 Å². The molecule has 0 fully saturated rings. The molecule has 0 aliphatic rings. The van der Waals surface area contributed by atoms with Gasteiger partial charge in [-0.25, -0.2) is 14.6 Å². The summed E-state index contributed by atoms with van der Waals surface area (Å²) in [5.74, 6) is -1.47. The molecular weight excluding hydrogens is 449 g/mol. The molecule has 34 heavy (non-hydrogen) atoms. The molecule has 0 spiro atoms. The van der Waals surface area contributed by atoms with Crippen molar-refractivity contribution in [3.05, 3.63) is 65.9 Å². The normalized spacial score (nSPS) is 12.3. The van der Waals surface area contributed by atoms with Gasteiger partial charge in [0.25, 0.3) is 11.8 Å². The number of carbonyl (C=O) groups excluding carboxylic acids is 2. The zero-order chi connectivity index (χ0) is 24.9. The fraction of sp³-hybridized carbons (Fsp3) is 0.348. The van der Waals surface area contributed by atoms with Gasteiger partial charge in [0.15, 0.2) is 0 Å². The molecule has 0 aliphatic carbocycles. The van der Waals surface area contributed by atoms with E-state index in [0.717, 1.165) is 17.4 Å². The Morgan fingerprint density at radius 1 is 1.12 bits per heavy atom. The lowest BCUT2D eigenvalue weighted by molar-refractivity contribution is -0.141. The minimum atomic E-state index is -4.72. The number of aryl methyl sites for hydroxylation is 1. The Kier molecular flexibility index (Phi) is 7.64. The van der Waals surface area contributed by atoms with E-state index in [1.165, 1.54) is 4.90 Å². The average molecular weight is 474 g/mol. The van der Waals surface area contributed by atoms with Gasteiger partial charge in [0.2, 0.25) is 5.82 Å². The highest BCUT2D eigenvalue weighted by atomic mass is 19.4. The van der Waals surface area contributed by atoms with Crippen molar-refractivity contribution < 1.29 is 22.8 Å². The highest BCUT2D eigenvalue weighted by molar-refractivity contribution is 6.01. The largest absolute Gasteiger partial charge is 0.433 e. The fourth-order valence-corrected chi connectivity index (χ4v) is 3.46. The molecule has 3 aromatic rings. The number of benzene rings is 1. The molecule has 180 valence electrons.